The van der Waals surface area contributed by atoms with Crippen molar-refractivity contribution in [2.75, 3.05) is 0 Å². The van der Waals surface area contributed by atoms with Crippen LogP contribution in [0, 0.1) is 5.92 Å². The van der Waals surface area contributed by atoms with Crippen molar-refractivity contribution >= 4 is 28.5 Å². The molecule has 0 aliphatic heterocycles. The van der Waals surface area contributed by atoms with E-state index in [1.165, 1.54) is 0 Å². The summed E-state index contributed by atoms with van der Waals surface area (Å²) in [5.74, 6) is 0.230. The Morgan fingerprint density at radius 3 is 2.92 bits per heavy atom. The highest BCUT2D eigenvalue weighted by molar-refractivity contribution is 6.05. The molecule has 0 amide bonds. The Balaban J connectivity index is 2.02. The molecule has 0 bridgehead atoms. The van der Waals surface area contributed by atoms with E-state index in [9.17, 15) is 9.90 Å². The number of hydrogen-bond acceptors (Lipinski definition) is 3. The number of hydrogen-bond donors (Lipinski definition) is 2. The molecule has 24 heavy (non-hydrogen) atoms. The average Bonchev–Trinajstić information content (AvgIpc) is 3.05. The number of carbonyl (C=O) groups is 1. The van der Waals surface area contributed by atoms with Crippen LogP contribution in [0.2, 0.25) is 0 Å². The van der Waals surface area contributed by atoms with Crippen LogP contribution in [0.5, 0.6) is 0 Å². The van der Waals surface area contributed by atoms with Crippen LogP contribution in [0.15, 0.2) is 36.7 Å². The predicted molar refractivity (Wildman–Crippen MR) is 92.6 cm³/mol. The second-order valence-electron chi connectivity index (χ2n) is 6.29. The van der Waals surface area contributed by atoms with E-state index >= 15 is 0 Å². The summed E-state index contributed by atoms with van der Waals surface area (Å²) >= 11 is 0. The zero-order valence-electron chi connectivity index (χ0n) is 13.3. The number of H-pyrrole nitrogens is 1. The van der Waals surface area contributed by atoms with Crippen molar-refractivity contribution in [3.05, 3.63) is 59.3 Å². The van der Waals surface area contributed by atoms with Gasteiger partial charge in [0.15, 0.2) is 0 Å². The summed E-state index contributed by atoms with van der Waals surface area (Å²) < 4.78 is 0. The summed E-state index contributed by atoms with van der Waals surface area (Å²) in [6, 6.07) is 7.44. The van der Waals surface area contributed by atoms with Crippen molar-refractivity contribution < 1.29 is 9.90 Å². The number of imidazole rings is 1. The van der Waals surface area contributed by atoms with E-state index in [1.54, 1.807) is 12.4 Å². The van der Waals surface area contributed by atoms with E-state index in [4.69, 9.17) is 4.98 Å². The fraction of sp³-hybridized carbons (Fsp3) is 0.211. The van der Waals surface area contributed by atoms with E-state index in [-0.39, 0.29) is 0 Å². The zero-order valence-corrected chi connectivity index (χ0v) is 13.3. The molecule has 5 nitrogen and oxygen atoms in total. The summed E-state index contributed by atoms with van der Waals surface area (Å²) in [6.45, 7) is 2.14. The van der Waals surface area contributed by atoms with Crippen molar-refractivity contribution in [3.63, 3.8) is 0 Å². The van der Waals surface area contributed by atoms with E-state index in [0.717, 1.165) is 35.5 Å². The van der Waals surface area contributed by atoms with Crippen molar-refractivity contribution in [1.82, 2.24) is 15.0 Å². The number of para-hydroxylation sites is 1. The molecule has 5 heteroatoms. The summed E-state index contributed by atoms with van der Waals surface area (Å²) in [5, 5.41) is 10.5. The fourth-order valence-electron chi connectivity index (χ4n) is 3.50. The maximum Gasteiger partial charge on any atom is 0.336 e. The van der Waals surface area contributed by atoms with Crippen LogP contribution in [-0.4, -0.2) is 26.0 Å². The number of rotatable bonds is 2. The van der Waals surface area contributed by atoms with Crippen LogP contribution in [0.25, 0.3) is 22.6 Å². The fourth-order valence-corrected chi connectivity index (χ4v) is 3.50. The normalized spacial score (nSPS) is 18.7. The van der Waals surface area contributed by atoms with Crippen LogP contribution in [-0.2, 0) is 6.42 Å². The van der Waals surface area contributed by atoms with Crippen molar-refractivity contribution in [3.8, 4) is 0 Å². The van der Waals surface area contributed by atoms with Crippen LogP contribution in [0.3, 0.4) is 0 Å². The van der Waals surface area contributed by atoms with Crippen molar-refractivity contribution in [1.29, 1.82) is 0 Å². The van der Waals surface area contributed by atoms with Gasteiger partial charge in [0.05, 0.1) is 16.8 Å². The first kappa shape index (κ1) is 14.6. The molecule has 0 saturated heterocycles. The van der Waals surface area contributed by atoms with Gasteiger partial charge in [0.1, 0.15) is 5.82 Å². The largest absolute Gasteiger partial charge is 0.478 e. The van der Waals surface area contributed by atoms with Crippen LogP contribution < -0.4 is 0 Å². The smallest absolute Gasteiger partial charge is 0.336 e. The monoisotopic (exact) mass is 319 g/mol. The molecule has 0 radical (unpaired) electrons. The molecule has 2 N–H and O–H groups in total. The number of nitrogens with one attached hydrogen (secondary N) is 1. The molecular formula is C19H17N3O2. The number of allylic oxidation sites excluding steroid dienone is 1. The number of carboxylic acids is 1. The molecule has 1 aliphatic carbocycles. The molecule has 4 rings (SSSR count). The van der Waals surface area contributed by atoms with Gasteiger partial charge in [-0.2, -0.15) is 0 Å². The Hall–Kier alpha value is -2.95. The van der Waals surface area contributed by atoms with Crippen molar-refractivity contribution in [2.45, 2.75) is 19.8 Å². The molecule has 2 heterocycles. The SMILES string of the molecule is C[C@H]1C/C(=C\c2ncc[nH]2)c2nc3ccccc3c(C(=O)O)c2C1. The van der Waals surface area contributed by atoms with E-state index in [0.29, 0.717) is 22.4 Å². The third-order valence-corrected chi connectivity index (χ3v) is 4.46. The van der Waals surface area contributed by atoms with Gasteiger partial charge in [-0.25, -0.2) is 14.8 Å². The first-order valence-corrected chi connectivity index (χ1v) is 7.98. The third-order valence-electron chi connectivity index (χ3n) is 4.46. The van der Waals surface area contributed by atoms with Gasteiger partial charge in [-0.05, 0) is 42.0 Å². The molecule has 3 aromatic rings. The van der Waals surface area contributed by atoms with E-state index in [2.05, 4.69) is 16.9 Å². The number of aromatic nitrogens is 3. The zero-order chi connectivity index (χ0) is 16.7. The highest BCUT2D eigenvalue weighted by atomic mass is 16.4. The van der Waals surface area contributed by atoms with Gasteiger partial charge in [0, 0.05) is 17.8 Å². The van der Waals surface area contributed by atoms with Crippen LogP contribution in [0.1, 0.15) is 40.8 Å². The molecule has 1 aliphatic rings. The lowest BCUT2D eigenvalue weighted by Crippen LogP contribution is -2.17. The van der Waals surface area contributed by atoms with Gasteiger partial charge < -0.3 is 10.1 Å². The van der Waals surface area contributed by atoms with Gasteiger partial charge in [-0.1, -0.05) is 25.1 Å². The van der Waals surface area contributed by atoms with Crippen LogP contribution in [0.4, 0.5) is 0 Å². The molecular weight excluding hydrogens is 302 g/mol. The number of fused-ring (bicyclic) bond motifs is 2. The minimum Gasteiger partial charge on any atom is -0.478 e. The number of nitrogens with zero attached hydrogens (tertiary/aromatic N) is 2. The molecule has 0 unspecified atom stereocenters. The average molecular weight is 319 g/mol. The Morgan fingerprint density at radius 2 is 2.17 bits per heavy atom. The molecule has 1 atom stereocenters. The lowest BCUT2D eigenvalue weighted by molar-refractivity contribution is 0.0697. The Morgan fingerprint density at radius 1 is 1.33 bits per heavy atom. The first-order valence-electron chi connectivity index (χ1n) is 7.98. The third kappa shape index (κ3) is 2.38. The molecule has 2 aromatic heterocycles. The lowest BCUT2D eigenvalue weighted by atomic mass is 9.81. The van der Waals surface area contributed by atoms with Gasteiger partial charge in [-0.3, -0.25) is 0 Å². The minimum atomic E-state index is -0.892. The van der Waals surface area contributed by atoms with E-state index in [1.807, 2.05) is 30.3 Å². The molecule has 0 saturated carbocycles. The highest BCUT2D eigenvalue weighted by Crippen LogP contribution is 2.38. The maximum absolute atomic E-state index is 12.0. The topological polar surface area (TPSA) is 78.9 Å². The lowest BCUT2D eigenvalue weighted by Gasteiger charge is -2.25. The van der Waals surface area contributed by atoms with Gasteiger partial charge in [0.25, 0.3) is 0 Å². The standard InChI is InChI=1S/C19H17N3O2/c1-11-8-12(10-16-20-6-7-21-16)18-14(9-11)17(19(23)24)13-4-2-3-5-15(13)22-18/h2-7,10-11H,8-9H2,1H3,(H,20,21)(H,23,24)/b12-10+/t11-/m0/s1. The number of benzene rings is 1. The molecule has 120 valence electrons. The van der Waals surface area contributed by atoms with Crippen LogP contribution >= 0.6 is 0 Å². The highest BCUT2D eigenvalue weighted by Gasteiger charge is 2.27. The van der Waals surface area contributed by atoms with Crippen molar-refractivity contribution in [2.24, 2.45) is 5.92 Å². The number of aromatic carboxylic acids is 1. The van der Waals surface area contributed by atoms with Gasteiger partial charge >= 0.3 is 5.97 Å². The summed E-state index contributed by atoms with van der Waals surface area (Å²) in [7, 11) is 0. The summed E-state index contributed by atoms with van der Waals surface area (Å²) in [5.41, 5.74) is 3.76. The first-order chi connectivity index (χ1) is 11.6. The molecule has 0 fully saturated rings. The summed E-state index contributed by atoms with van der Waals surface area (Å²) in [6.07, 6.45) is 7.04. The number of pyridine rings is 1. The quantitative estimate of drug-likeness (QED) is 0.753. The van der Waals surface area contributed by atoms with E-state index < -0.39 is 5.97 Å². The molecule has 0 spiro atoms. The number of carboxylic acid groups (broad SMARTS) is 1. The summed E-state index contributed by atoms with van der Waals surface area (Å²) in [4.78, 5) is 24.1. The second kappa shape index (κ2) is 5.60. The maximum atomic E-state index is 12.0. The minimum absolute atomic E-state index is 0.361. The number of aromatic amines is 1. The Kier molecular flexibility index (Phi) is 3.41. The Bertz CT molecular complexity index is 958. The second-order valence-corrected chi connectivity index (χ2v) is 6.29. The van der Waals surface area contributed by atoms with Gasteiger partial charge in [-0.15, -0.1) is 0 Å². The Labute approximate surface area is 139 Å². The molecule has 1 aromatic carbocycles. The van der Waals surface area contributed by atoms with Gasteiger partial charge in [0.2, 0.25) is 0 Å². The predicted octanol–water partition coefficient (Wildman–Crippen LogP) is 3.78.